The van der Waals surface area contributed by atoms with Crippen LogP contribution in [0, 0.1) is 0 Å². The first kappa shape index (κ1) is 21.5. The fourth-order valence-corrected chi connectivity index (χ4v) is 2.70. The van der Waals surface area contributed by atoms with E-state index < -0.39 is 18.6 Å². The van der Waals surface area contributed by atoms with Crippen molar-refractivity contribution in [1.29, 1.82) is 0 Å². The molecule has 0 heterocycles. The lowest BCUT2D eigenvalue weighted by atomic mass is 10.1. The largest absolute Gasteiger partial charge is 0.493 e. The summed E-state index contributed by atoms with van der Waals surface area (Å²) in [7, 11) is 2.95. The van der Waals surface area contributed by atoms with Crippen molar-refractivity contribution in [2.24, 2.45) is 5.73 Å². The fourth-order valence-electron chi connectivity index (χ4n) is 2.70. The molecule has 0 aromatic heterocycles. The van der Waals surface area contributed by atoms with E-state index >= 15 is 0 Å². The van der Waals surface area contributed by atoms with Crippen LogP contribution in [0.1, 0.15) is 23.7 Å². The smallest absolute Gasteiger partial charge is 0.341 e. The highest BCUT2D eigenvalue weighted by Gasteiger charge is 2.21. The van der Waals surface area contributed by atoms with Gasteiger partial charge >= 0.3 is 12.0 Å². The fraction of sp³-hybridized carbons (Fsp3) is 0.250. The van der Waals surface area contributed by atoms with E-state index in [0.29, 0.717) is 22.9 Å². The number of Topliss-reactive ketones (excluding diaryl/α,β-unsaturated/α-hetero) is 1. The molecule has 0 atom stereocenters. The summed E-state index contributed by atoms with van der Waals surface area (Å²) in [6, 6.07) is 8.38. The number of ketones is 1. The average Bonchev–Trinajstić information content (AvgIpc) is 2.71. The summed E-state index contributed by atoms with van der Waals surface area (Å²) in [4.78, 5) is 36.5. The highest BCUT2D eigenvalue weighted by atomic mass is 16.5. The van der Waals surface area contributed by atoms with Crippen LogP contribution in [0.5, 0.6) is 17.2 Å². The Kier molecular flexibility index (Phi) is 7.02. The lowest BCUT2D eigenvalue weighted by Gasteiger charge is -2.23. The molecule has 0 unspecified atom stereocenters. The van der Waals surface area contributed by atoms with Crippen LogP contribution >= 0.6 is 0 Å². The molecule has 0 aliphatic heterocycles. The second-order valence-electron chi connectivity index (χ2n) is 5.85. The van der Waals surface area contributed by atoms with Gasteiger partial charge in [0.05, 0.1) is 31.2 Å². The standard InChI is InChI=1S/C20H22N2O7/c1-4-15(23)14-9-12(5-7-16(14)29-11-19(24)25)22(20(21)26)13-6-8-17(27-2)18(10-13)28-3/h5-10H,4,11H2,1-3H3,(H2,21,26)(H,24,25). The second-order valence-corrected chi connectivity index (χ2v) is 5.85. The minimum Gasteiger partial charge on any atom is -0.493 e. The maximum Gasteiger partial charge on any atom is 0.341 e. The number of carboxylic acid groups (broad SMARTS) is 1. The summed E-state index contributed by atoms with van der Waals surface area (Å²) in [5, 5.41) is 8.82. The summed E-state index contributed by atoms with van der Waals surface area (Å²) in [5.74, 6) is -0.473. The third-order valence-corrected chi connectivity index (χ3v) is 4.04. The first-order valence-corrected chi connectivity index (χ1v) is 8.65. The van der Waals surface area contributed by atoms with Gasteiger partial charge in [-0.05, 0) is 30.3 Å². The van der Waals surface area contributed by atoms with Crippen LogP contribution in [0.4, 0.5) is 16.2 Å². The Bertz CT molecular complexity index is 927. The van der Waals surface area contributed by atoms with Gasteiger partial charge in [0.15, 0.2) is 23.9 Å². The molecule has 9 nitrogen and oxygen atoms in total. The molecule has 2 aromatic rings. The first-order valence-electron chi connectivity index (χ1n) is 8.65. The highest BCUT2D eigenvalue weighted by Crippen LogP contribution is 2.36. The van der Waals surface area contributed by atoms with Gasteiger partial charge in [-0.1, -0.05) is 6.92 Å². The van der Waals surface area contributed by atoms with Crippen LogP contribution in [0.3, 0.4) is 0 Å². The molecular formula is C20H22N2O7. The number of hydrogen-bond donors (Lipinski definition) is 2. The number of amides is 2. The Hall–Kier alpha value is -3.75. The van der Waals surface area contributed by atoms with Gasteiger partial charge in [0, 0.05) is 12.5 Å². The van der Waals surface area contributed by atoms with Crippen LogP contribution in [0.2, 0.25) is 0 Å². The van der Waals surface area contributed by atoms with Crippen molar-refractivity contribution < 1.29 is 33.7 Å². The molecule has 154 valence electrons. The van der Waals surface area contributed by atoms with Gasteiger partial charge in [-0.3, -0.25) is 9.69 Å². The number of ether oxygens (including phenoxy) is 3. The van der Waals surface area contributed by atoms with Crippen molar-refractivity contribution in [3.63, 3.8) is 0 Å². The molecule has 2 amide bonds. The van der Waals surface area contributed by atoms with E-state index in [-0.39, 0.29) is 23.5 Å². The topological polar surface area (TPSA) is 128 Å². The van der Waals surface area contributed by atoms with Gasteiger partial charge in [0.1, 0.15) is 5.75 Å². The summed E-state index contributed by atoms with van der Waals surface area (Å²) >= 11 is 0. The van der Waals surface area contributed by atoms with E-state index in [4.69, 9.17) is 25.1 Å². The van der Waals surface area contributed by atoms with Gasteiger partial charge in [-0.2, -0.15) is 0 Å². The van der Waals surface area contributed by atoms with Crippen molar-refractivity contribution in [3.05, 3.63) is 42.0 Å². The molecule has 3 N–H and O–H groups in total. The number of benzene rings is 2. The zero-order valence-corrected chi connectivity index (χ0v) is 16.3. The number of nitrogens with two attached hydrogens (primary N) is 1. The molecule has 0 radical (unpaired) electrons. The Labute approximate surface area is 167 Å². The van der Waals surface area contributed by atoms with Crippen molar-refractivity contribution in [1.82, 2.24) is 0 Å². The van der Waals surface area contributed by atoms with E-state index in [1.54, 1.807) is 25.1 Å². The molecule has 0 spiro atoms. The van der Waals surface area contributed by atoms with Gasteiger partial charge in [0.2, 0.25) is 0 Å². The molecule has 2 aromatic carbocycles. The highest BCUT2D eigenvalue weighted by molar-refractivity contribution is 6.03. The normalized spacial score (nSPS) is 10.2. The Morgan fingerprint density at radius 2 is 1.55 bits per heavy atom. The molecule has 0 aliphatic rings. The number of urea groups is 1. The van der Waals surface area contributed by atoms with Crippen molar-refractivity contribution in [2.45, 2.75) is 13.3 Å². The SMILES string of the molecule is CCC(=O)c1cc(N(C(N)=O)c2ccc(OC)c(OC)c2)ccc1OCC(=O)O. The number of aliphatic carboxylic acids is 1. The van der Waals surface area contributed by atoms with Gasteiger partial charge in [-0.25, -0.2) is 9.59 Å². The lowest BCUT2D eigenvalue weighted by molar-refractivity contribution is -0.139. The zero-order chi connectivity index (χ0) is 21.6. The predicted octanol–water partition coefficient (Wildman–Crippen LogP) is 2.98. The monoisotopic (exact) mass is 402 g/mol. The number of nitrogens with zero attached hydrogens (tertiary/aromatic N) is 1. The Morgan fingerprint density at radius 1 is 0.966 bits per heavy atom. The molecule has 0 bridgehead atoms. The first-order chi connectivity index (χ1) is 13.8. The molecule has 0 saturated carbocycles. The summed E-state index contributed by atoms with van der Waals surface area (Å²) in [5.41, 5.74) is 6.43. The molecule has 29 heavy (non-hydrogen) atoms. The number of carbonyl (C=O) groups is 3. The molecule has 9 heteroatoms. The maximum atomic E-state index is 12.3. The number of methoxy groups -OCH3 is 2. The summed E-state index contributed by atoms with van der Waals surface area (Å²) in [6.07, 6.45) is 0.166. The molecule has 2 rings (SSSR count). The van der Waals surface area contributed by atoms with E-state index in [9.17, 15) is 14.4 Å². The number of hydrogen-bond acceptors (Lipinski definition) is 6. The lowest BCUT2D eigenvalue weighted by Crippen LogP contribution is -2.31. The van der Waals surface area contributed by atoms with Crippen LogP contribution in [-0.2, 0) is 4.79 Å². The van der Waals surface area contributed by atoms with Gasteiger partial charge in [-0.15, -0.1) is 0 Å². The summed E-state index contributed by atoms with van der Waals surface area (Å²) < 4.78 is 15.7. The summed E-state index contributed by atoms with van der Waals surface area (Å²) in [6.45, 7) is 1.06. The minimum atomic E-state index is -1.17. The van der Waals surface area contributed by atoms with Gasteiger partial charge < -0.3 is 25.1 Å². The van der Waals surface area contributed by atoms with Gasteiger partial charge in [0.25, 0.3) is 0 Å². The van der Waals surface area contributed by atoms with Crippen LogP contribution in [0.15, 0.2) is 36.4 Å². The third kappa shape index (κ3) is 4.95. The number of carbonyl (C=O) groups excluding carboxylic acids is 2. The molecular weight excluding hydrogens is 380 g/mol. The van der Waals surface area contributed by atoms with Crippen molar-refractivity contribution >= 4 is 29.2 Å². The van der Waals surface area contributed by atoms with Crippen LogP contribution < -0.4 is 24.8 Å². The van der Waals surface area contributed by atoms with E-state index in [2.05, 4.69) is 0 Å². The minimum absolute atomic E-state index is 0.111. The third-order valence-electron chi connectivity index (χ3n) is 4.04. The predicted molar refractivity (Wildman–Crippen MR) is 105 cm³/mol. The van der Waals surface area contributed by atoms with Crippen LogP contribution in [0.25, 0.3) is 0 Å². The Morgan fingerprint density at radius 3 is 2.07 bits per heavy atom. The van der Waals surface area contributed by atoms with Crippen molar-refractivity contribution in [2.75, 3.05) is 25.7 Å². The van der Waals surface area contributed by atoms with Crippen LogP contribution in [-0.4, -0.2) is 43.7 Å². The molecule has 0 saturated heterocycles. The van der Waals surface area contributed by atoms with E-state index in [1.165, 1.54) is 37.3 Å². The number of anilines is 2. The number of rotatable bonds is 9. The van der Waals surface area contributed by atoms with Crippen molar-refractivity contribution in [3.8, 4) is 17.2 Å². The molecule has 0 fully saturated rings. The Balaban J connectivity index is 2.54. The maximum absolute atomic E-state index is 12.3. The molecule has 0 aliphatic carbocycles. The van der Waals surface area contributed by atoms with E-state index in [0.717, 1.165) is 0 Å². The average molecular weight is 402 g/mol. The quantitative estimate of drug-likeness (QED) is 0.617. The number of carboxylic acids is 1. The number of primary amides is 1. The second kappa shape index (κ2) is 9.45. The van der Waals surface area contributed by atoms with E-state index in [1.807, 2.05) is 0 Å². The zero-order valence-electron chi connectivity index (χ0n) is 16.3.